The highest BCUT2D eigenvalue weighted by Gasteiger charge is 2.26. The second-order valence-corrected chi connectivity index (χ2v) is 7.33. The van der Waals surface area contributed by atoms with E-state index < -0.39 is 15.6 Å². The highest BCUT2D eigenvalue weighted by atomic mass is 32.2. The SMILES string of the molecule is COc1ccc(S(=O)(=O)NC[C@](C)(O)c2ccsc2)cc1. The van der Waals surface area contributed by atoms with E-state index in [9.17, 15) is 13.5 Å². The van der Waals surface area contributed by atoms with E-state index in [1.54, 1.807) is 30.5 Å². The Labute approximate surface area is 128 Å². The maximum atomic E-state index is 12.2. The molecule has 0 fully saturated rings. The zero-order valence-electron chi connectivity index (χ0n) is 11.7. The summed E-state index contributed by atoms with van der Waals surface area (Å²) in [6.45, 7) is 1.48. The van der Waals surface area contributed by atoms with Crippen LogP contribution in [0.4, 0.5) is 0 Å². The number of ether oxygens (including phenoxy) is 1. The molecule has 0 aliphatic rings. The number of nitrogens with one attached hydrogen (secondary N) is 1. The third kappa shape index (κ3) is 3.82. The lowest BCUT2D eigenvalue weighted by molar-refractivity contribution is 0.0632. The van der Waals surface area contributed by atoms with E-state index in [1.807, 2.05) is 5.38 Å². The molecular weight excluding hydrogens is 310 g/mol. The van der Waals surface area contributed by atoms with Crippen LogP contribution < -0.4 is 9.46 Å². The summed E-state index contributed by atoms with van der Waals surface area (Å²) in [4.78, 5) is 0.129. The first-order valence-electron chi connectivity index (χ1n) is 6.24. The van der Waals surface area contributed by atoms with E-state index in [0.717, 1.165) is 0 Å². The molecule has 0 saturated heterocycles. The van der Waals surface area contributed by atoms with Crippen LogP contribution in [0.25, 0.3) is 0 Å². The van der Waals surface area contributed by atoms with Gasteiger partial charge < -0.3 is 9.84 Å². The van der Waals surface area contributed by atoms with Crippen LogP contribution in [0.15, 0.2) is 46.0 Å². The monoisotopic (exact) mass is 327 g/mol. The molecule has 2 rings (SSSR count). The minimum atomic E-state index is -3.67. The van der Waals surface area contributed by atoms with Crippen LogP contribution in [0.3, 0.4) is 0 Å². The van der Waals surface area contributed by atoms with Crippen LogP contribution >= 0.6 is 11.3 Å². The molecule has 1 aromatic carbocycles. The van der Waals surface area contributed by atoms with Gasteiger partial charge in [-0.2, -0.15) is 11.3 Å². The van der Waals surface area contributed by atoms with Crippen molar-refractivity contribution in [2.45, 2.75) is 17.4 Å². The molecule has 21 heavy (non-hydrogen) atoms. The fourth-order valence-corrected chi connectivity index (χ4v) is 3.66. The van der Waals surface area contributed by atoms with Gasteiger partial charge in [-0.15, -0.1) is 0 Å². The van der Waals surface area contributed by atoms with E-state index in [-0.39, 0.29) is 11.4 Å². The standard InChI is InChI=1S/C14H17NO4S2/c1-14(16,11-7-8-20-9-11)10-15-21(17,18)13-5-3-12(19-2)4-6-13/h3-9,15-16H,10H2,1-2H3/t14-/m0/s1. The first-order chi connectivity index (χ1) is 9.85. The molecule has 5 nitrogen and oxygen atoms in total. The highest BCUT2D eigenvalue weighted by molar-refractivity contribution is 7.89. The zero-order chi connectivity index (χ0) is 15.5. The molecule has 0 radical (unpaired) electrons. The largest absolute Gasteiger partial charge is 0.497 e. The lowest BCUT2D eigenvalue weighted by Gasteiger charge is -2.22. The number of hydrogen-bond acceptors (Lipinski definition) is 5. The number of aliphatic hydroxyl groups is 1. The Hall–Kier alpha value is -1.41. The number of benzene rings is 1. The van der Waals surface area contributed by atoms with Gasteiger partial charge in [-0.1, -0.05) is 0 Å². The van der Waals surface area contributed by atoms with Gasteiger partial charge in [-0.3, -0.25) is 0 Å². The third-order valence-corrected chi connectivity index (χ3v) is 5.22. The zero-order valence-corrected chi connectivity index (χ0v) is 13.4. The van der Waals surface area contributed by atoms with Crippen molar-refractivity contribution >= 4 is 21.4 Å². The summed E-state index contributed by atoms with van der Waals surface area (Å²) in [6, 6.07) is 7.84. The first kappa shape index (κ1) is 16.0. The predicted octanol–water partition coefficient (Wildman–Crippen LogP) is 1.94. The Kier molecular flexibility index (Phi) is 4.67. The molecule has 0 unspecified atom stereocenters. The van der Waals surface area contributed by atoms with E-state index >= 15 is 0 Å². The second kappa shape index (κ2) is 6.15. The average Bonchev–Trinajstić information content (AvgIpc) is 3.01. The molecule has 2 N–H and O–H groups in total. The van der Waals surface area contributed by atoms with Gasteiger partial charge in [0.15, 0.2) is 0 Å². The smallest absolute Gasteiger partial charge is 0.240 e. The van der Waals surface area contributed by atoms with Crippen molar-refractivity contribution in [2.75, 3.05) is 13.7 Å². The van der Waals surface area contributed by atoms with Crippen LogP contribution in [0.2, 0.25) is 0 Å². The van der Waals surface area contributed by atoms with E-state index in [4.69, 9.17) is 4.74 Å². The summed E-state index contributed by atoms with van der Waals surface area (Å²) in [6.07, 6.45) is 0. The highest BCUT2D eigenvalue weighted by Crippen LogP contribution is 2.23. The molecule has 1 heterocycles. The minimum absolute atomic E-state index is 0.0991. The predicted molar refractivity (Wildman–Crippen MR) is 82.1 cm³/mol. The summed E-state index contributed by atoms with van der Waals surface area (Å²) >= 11 is 1.45. The Morgan fingerprint density at radius 2 is 1.95 bits per heavy atom. The van der Waals surface area contributed by atoms with E-state index in [1.165, 1.54) is 30.6 Å². The molecule has 7 heteroatoms. The minimum Gasteiger partial charge on any atom is -0.497 e. The van der Waals surface area contributed by atoms with Crippen LogP contribution in [-0.2, 0) is 15.6 Å². The molecule has 0 spiro atoms. The van der Waals surface area contributed by atoms with Crippen molar-refractivity contribution < 1.29 is 18.3 Å². The van der Waals surface area contributed by atoms with Crippen LogP contribution in [0.5, 0.6) is 5.75 Å². The van der Waals surface area contributed by atoms with Crippen molar-refractivity contribution in [2.24, 2.45) is 0 Å². The molecule has 0 amide bonds. The number of thiophene rings is 1. The van der Waals surface area contributed by atoms with Gasteiger partial charge in [0, 0.05) is 6.54 Å². The molecule has 2 aromatic rings. The molecule has 1 atom stereocenters. The lowest BCUT2D eigenvalue weighted by atomic mass is 10.0. The maximum Gasteiger partial charge on any atom is 0.240 e. The number of rotatable bonds is 6. The number of methoxy groups -OCH3 is 1. The summed E-state index contributed by atoms with van der Waals surface area (Å²) in [5, 5.41) is 14.0. The molecule has 0 bridgehead atoms. The molecule has 0 aliphatic carbocycles. The van der Waals surface area contributed by atoms with Gasteiger partial charge in [-0.05, 0) is 53.6 Å². The van der Waals surface area contributed by atoms with E-state index in [2.05, 4.69) is 4.72 Å². The van der Waals surface area contributed by atoms with Crippen LogP contribution in [-0.4, -0.2) is 27.2 Å². The summed E-state index contributed by atoms with van der Waals surface area (Å²) in [5.74, 6) is 0.583. The van der Waals surface area contributed by atoms with Gasteiger partial charge in [-0.25, -0.2) is 13.1 Å². The molecular formula is C14H17NO4S2. The first-order valence-corrected chi connectivity index (χ1v) is 8.66. The summed E-state index contributed by atoms with van der Waals surface area (Å²) in [5.41, 5.74) is -0.565. The fourth-order valence-electron chi connectivity index (χ4n) is 1.75. The number of hydrogen-bond donors (Lipinski definition) is 2. The Morgan fingerprint density at radius 1 is 1.29 bits per heavy atom. The average molecular weight is 327 g/mol. The second-order valence-electron chi connectivity index (χ2n) is 4.79. The normalized spacial score (nSPS) is 14.6. The van der Waals surface area contributed by atoms with Crippen molar-refractivity contribution in [3.8, 4) is 5.75 Å². The van der Waals surface area contributed by atoms with E-state index in [0.29, 0.717) is 11.3 Å². The fraction of sp³-hybridized carbons (Fsp3) is 0.286. The Morgan fingerprint density at radius 3 is 2.48 bits per heavy atom. The van der Waals surface area contributed by atoms with Crippen LogP contribution in [0, 0.1) is 0 Å². The van der Waals surface area contributed by atoms with Gasteiger partial charge in [0.2, 0.25) is 10.0 Å². The number of sulfonamides is 1. The van der Waals surface area contributed by atoms with Crippen LogP contribution in [0.1, 0.15) is 12.5 Å². The maximum absolute atomic E-state index is 12.2. The third-order valence-electron chi connectivity index (χ3n) is 3.12. The van der Waals surface area contributed by atoms with Gasteiger partial charge in [0.1, 0.15) is 11.4 Å². The quantitative estimate of drug-likeness (QED) is 0.850. The molecule has 0 aliphatic heterocycles. The molecule has 1 aromatic heterocycles. The van der Waals surface area contributed by atoms with Gasteiger partial charge >= 0.3 is 0 Å². The lowest BCUT2D eigenvalue weighted by Crippen LogP contribution is -2.38. The Bertz CT molecular complexity index is 676. The van der Waals surface area contributed by atoms with Gasteiger partial charge in [0.25, 0.3) is 0 Å². The molecule has 0 saturated carbocycles. The van der Waals surface area contributed by atoms with Gasteiger partial charge in [0.05, 0.1) is 12.0 Å². The topological polar surface area (TPSA) is 75.6 Å². The summed E-state index contributed by atoms with van der Waals surface area (Å²) in [7, 11) is -2.16. The summed E-state index contributed by atoms with van der Waals surface area (Å²) < 4.78 is 31.8. The van der Waals surface area contributed by atoms with Crippen molar-refractivity contribution in [3.05, 3.63) is 46.7 Å². The van der Waals surface area contributed by atoms with Crippen molar-refractivity contribution in [1.29, 1.82) is 0 Å². The Balaban J connectivity index is 2.10. The van der Waals surface area contributed by atoms with Crippen molar-refractivity contribution in [3.63, 3.8) is 0 Å². The molecule has 114 valence electrons. The van der Waals surface area contributed by atoms with Crippen molar-refractivity contribution in [1.82, 2.24) is 4.72 Å².